The van der Waals surface area contributed by atoms with Crippen molar-refractivity contribution in [3.05, 3.63) is 11.6 Å². The van der Waals surface area contributed by atoms with Crippen molar-refractivity contribution in [3.63, 3.8) is 0 Å². The van der Waals surface area contributed by atoms with Gasteiger partial charge in [-0.15, -0.1) is 0 Å². The van der Waals surface area contributed by atoms with Gasteiger partial charge in [-0.3, -0.25) is 4.79 Å². The maximum atomic E-state index is 12.2. The van der Waals surface area contributed by atoms with E-state index in [-0.39, 0.29) is 5.78 Å². The Morgan fingerprint density at radius 1 is 1.33 bits per heavy atom. The minimum Gasteiger partial charge on any atom is -0.381 e. The number of hydrogen-bond acceptors (Lipinski definition) is 3. The Balaban J connectivity index is 2.08. The molecule has 0 aromatic carbocycles. The van der Waals surface area contributed by atoms with Gasteiger partial charge in [-0.25, -0.2) is 0 Å². The number of carbonyl (C=O) groups excluding carboxylic acids is 1. The zero-order valence-electron chi connectivity index (χ0n) is 9.13. The van der Waals surface area contributed by atoms with Crippen LogP contribution in [0.1, 0.15) is 38.5 Å². The molecule has 2 aliphatic rings. The fraction of sp³-hybridized carbons (Fsp3) is 0.750. The zero-order chi connectivity index (χ0) is 10.7. The zero-order valence-corrected chi connectivity index (χ0v) is 9.13. The molecule has 84 valence electrons. The van der Waals surface area contributed by atoms with Crippen LogP contribution in [0, 0.1) is 0 Å². The lowest BCUT2D eigenvalue weighted by atomic mass is 9.80. The van der Waals surface area contributed by atoms with E-state index in [0.717, 1.165) is 24.8 Å². The van der Waals surface area contributed by atoms with E-state index in [2.05, 4.69) is 6.08 Å². The second-order valence-corrected chi connectivity index (χ2v) is 4.57. The van der Waals surface area contributed by atoms with Crippen LogP contribution in [-0.4, -0.2) is 24.5 Å². The van der Waals surface area contributed by atoms with E-state index < -0.39 is 5.54 Å². The van der Waals surface area contributed by atoms with Crippen molar-refractivity contribution in [2.24, 2.45) is 5.73 Å². The van der Waals surface area contributed by atoms with Crippen molar-refractivity contribution >= 4 is 5.78 Å². The summed E-state index contributed by atoms with van der Waals surface area (Å²) in [7, 11) is 0. The lowest BCUT2D eigenvalue weighted by Gasteiger charge is -2.33. The molecule has 3 heteroatoms. The molecule has 0 unspecified atom stereocenters. The van der Waals surface area contributed by atoms with Crippen LogP contribution in [0.2, 0.25) is 0 Å². The Morgan fingerprint density at radius 2 is 2.07 bits per heavy atom. The fourth-order valence-electron chi connectivity index (χ4n) is 2.33. The van der Waals surface area contributed by atoms with E-state index in [4.69, 9.17) is 10.5 Å². The van der Waals surface area contributed by atoms with Gasteiger partial charge in [-0.2, -0.15) is 0 Å². The Morgan fingerprint density at radius 3 is 2.67 bits per heavy atom. The number of Topliss-reactive ketones (excluding diaryl/α,β-unsaturated/α-hetero) is 1. The Bertz CT molecular complexity index is 277. The maximum absolute atomic E-state index is 12.2. The lowest BCUT2D eigenvalue weighted by molar-refractivity contribution is -0.124. The number of rotatable bonds is 2. The SMILES string of the molecule is NC1(C(=O)C2=CCCCC2)CCOCC1. The van der Waals surface area contributed by atoms with Crippen LogP contribution < -0.4 is 5.73 Å². The monoisotopic (exact) mass is 209 g/mol. The van der Waals surface area contributed by atoms with Crippen molar-refractivity contribution in [2.45, 2.75) is 44.1 Å². The van der Waals surface area contributed by atoms with E-state index >= 15 is 0 Å². The standard InChI is InChI=1S/C12H19NO2/c13-12(6-8-15-9-7-12)11(14)10-4-2-1-3-5-10/h4H,1-3,5-9,13H2. The molecule has 3 nitrogen and oxygen atoms in total. The van der Waals surface area contributed by atoms with Crippen molar-refractivity contribution in [1.82, 2.24) is 0 Å². The van der Waals surface area contributed by atoms with Crippen LogP contribution in [0.3, 0.4) is 0 Å². The predicted octanol–water partition coefficient (Wildman–Crippen LogP) is 1.56. The molecule has 1 fully saturated rings. The summed E-state index contributed by atoms with van der Waals surface area (Å²) in [5, 5.41) is 0. The van der Waals surface area contributed by atoms with Gasteiger partial charge in [-0.1, -0.05) is 6.08 Å². The molecular weight excluding hydrogens is 190 g/mol. The summed E-state index contributed by atoms with van der Waals surface area (Å²) in [5.74, 6) is 0.172. The summed E-state index contributed by atoms with van der Waals surface area (Å²) in [6.07, 6.45) is 7.70. The first-order chi connectivity index (χ1) is 7.22. The molecule has 0 aromatic rings. The van der Waals surface area contributed by atoms with Crippen LogP contribution in [0.5, 0.6) is 0 Å². The van der Waals surface area contributed by atoms with Gasteiger partial charge in [0.15, 0.2) is 5.78 Å². The minimum atomic E-state index is -0.637. The second kappa shape index (κ2) is 4.45. The first kappa shape index (κ1) is 10.8. The van der Waals surface area contributed by atoms with E-state index in [1.807, 2.05) is 0 Å². The Hall–Kier alpha value is -0.670. The van der Waals surface area contributed by atoms with Crippen molar-refractivity contribution < 1.29 is 9.53 Å². The van der Waals surface area contributed by atoms with Gasteiger partial charge in [0, 0.05) is 13.2 Å². The molecule has 2 rings (SSSR count). The topological polar surface area (TPSA) is 52.3 Å². The van der Waals surface area contributed by atoms with Crippen molar-refractivity contribution in [3.8, 4) is 0 Å². The lowest BCUT2D eigenvalue weighted by Crippen LogP contribution is -2.52. The van der Waals surface area contributed by atoms with Gasteiger partial charge in [-0.05, 0) is 44.1 Å². The summed E-state index contributed by atoms with van der Waals surface area (Å²) in [6, 6.07) is 0. The number of ketones is 1. The van der Waals surface area contributed by atoms with Crippen LogP contribution in [0.4, 0.5) is 0 Å². The highest BCUT2D eigenvalue weighted by molar-refractivity contribution is 6.02. The normalized spacial score (nSPS) is 25.8. The summed E-state index contributed by atoms with van der Waals surface area (Å²) >= 11 is 0. The molecular formula is C12H19NO2. The third kappa shape index (κ3) is 2.29. The van der Waals surface area contributed by atoms with Gasteiger partial charge in [0.1, 0.15) is 0 Å². The number of hydrogen-bond donors (Lipinski definition) is 1. The molecule has 0 aromatic heterocycles. The highest BCUT2D eigenvalue weighted by Gasteiger charge is 2.37. The molecule has 0 spiro atoms. The molecule has 0 atom stereocenters. The van der Waals surface area contributed by atoms with Crippen LogP contribution in [0.15, 0.2) is 11.6 Å². The number of carbonyl (C=O) groups is 1. The number of nitrogens with two attached hydrogens (primary N) is 1. The van der Waals surface area contributed by atoms with Crippen molar-refractivity contribution in [1.29, 1.82) is 0 Å². The van der Waals surface area contributed by atoms with Crippen LogP contribution >= 0.6 is 0 Å². The maximum Gasteiger partial charge on any atom is 0.178 e. The Labute approximate surface area is 90.7 Å². The molecule has 0 saturated carbocycles. The molecule has 0 amide bonds. The quantitative estimate of drug-likeness (QED) is 0.751. The van der Waals surface area contributed by atoms with E-state index in [1.165, 1.54) is 6.42 Å². The average Bonchev–Trinajstić information content (AvgIpc) is 2.30. The first-order valence-electron chi connectivity index (χ1n) is 5.83. The van der Waals surface area contributed by atoms with E-state index in [1.54, 1.807) is 0 Å². The van der Waals surface area contributed by atoms with E-state index in [9.17, 15) is 4.79 Å². The second-order valence-electron chi connectivity index (χ2n) is 4.57. The molecule has 2 N–H and O–H groups in total. The average molecular weight is 209 g/mol. The number of ether oxygens (including phenoxy) is 1. The molecule has 1 heterocycles. The van der Waals surface area contributed by atoms with Gasteiger partial charge in [0.25, 0.3) is 0 Å². The molecule has 15 heavy (non-hydrogen) atoms. The van der Waals surface area contributed by atoms with Gasteiger partial charge in [0.05, 0.1) is 5.54 Å². The largest absolute Gasteiger partial charge is 0.381 e. The van der Waals surface area contributed by atoms with E-state index in [0.29, 0.717) is 26.1 Å². The van der Waals surface area contributed by atoms with Gasteiger partial charge in [0.2, 0.25) is 0 Å². The summed E-state index contributed by atoms with van der Waals surface area (Å²) in [6.45, 7) is 1.24. The third-order valence-corrected chi connectivity index (χ3v) is 3.42. The van der Waals surface area contributed by atoms with Crippen LogP contribution in [-0.2, 0) is 9.53 Å². The van der Waals surface area contributed by atoms with Gasteiger partial charge < -0.3 is 10.5 Å². The molecule has 0 bridgehead atoms. The summed E-state index contributed by atoms with van der Waals surface area (Å²) in [4.78, 5) is 12.2. The minimum absolute atomic E-state index is 0.172. The molecule has 0 radical (unpaired) electrons. The smallest absolute Gasteiger partial charge is 0.178 e. The fourth-order valence-corrected chi connectivity index (χ4v) is 2.33. The van der Waals surface area contributed by atoms with Crippen molar-refractivity contribution in [2.75, 3.05) is 13.2 Å². The molecule has 1 saturated heterocycles. The van der Waals surface area contributed by atoms with Gasteiger partial charge >= 0.3 is 0 Å². The summed E-state index contributed by atoms with van der Waals surface area (Å²) in [5.41, 5.74) is 6.49. The third-order valence-electron chi connectivity index (χ3n) is 3.42. The molecule has 1 aliphatic heterocycles. The molecule has 1 aliphatic carbocycles. The first-order valence-corrected chi connectivity index (χ1v) is 5.83. The predicted molar refractivity (Wildman–Crippen MR) is 58.5 cm³/mol. The highest BCUT2D eigenvalue weighted by atomic mass is 16.5. The highest BCUT2D eigenvalue weighted by Crippen LogP contribution is 2.27. The Kier molecular flexibility index (Phi) is 3.22. The summed E-state index contributed by atoms with van der Waals surface area (Å²) < 4.78 is 5.25. The van der Waals surface area contributed by atoms with Crippen LogP contribution in [0.25, 0.3) is 0 Å². The number of allylic oxidation sites excluding steroid dienone is 1.